The smallest absolute Gasteiger partial charge is 0.335 e. The van der Waals surface area contributed by atoms with Gasteiger partial charge >= 0.3 is 5.97 Å². The number of aryl methyl sites for hydroxylation is 1. The second kappa shape index (κ2) is 7.64. The highest BCUT2D eigenvalue weighted by molar-refractivity contribution is 5.92. The summed E-state index contributed by atoms with van der Waals surface area (Å²) in [6.07, 6.45) is 1.13. The topological polar surface area (TPSA) is 67.6 Å². The van der Waals surface area contributed by atoms with Gasteiger partial charge in [-0.1, -0.05) is 12.1 Å². The zero-order valence-corrected chi connectivity index (χ0v) is 16.3. The first kappa shape index (κ1) is 18.5. The number of benzene rings is 2. The quantitative estimate of drug-likeness (QED) is 0.706. The molecule has 1 atom stereocenters. The molecule has 3 aromatic rings. The Kier molecular flexibility index (Phi) is 5.05. The van der Waals surface area contributed by atoms with Crippen LogP contribution in [0, 0.1) is 0 Å². The maximum Gasteiger partial charge on any atom is 0.335 e. The lowest BCUT2D eigenvalue weighted by Gasteiger charge is -2.17. The Morgan fingerprint density at radius 2 is 2.04 bits per heavy atom. The summed E-state index contributed by atoms with van der Waals surface area (Å²) in [4.78, 5) is 18.4. The van der Waals surface area contributed by atoms with Crippen molar-refractivity contribution in [3.05, 3.63) is 59.4 Å². The number of carboxylic acid groups (broad SMARTS) is 1. The van der Waals surface area contributed by atoms with Crippen LogP contribution in [-0.2, 0) is 13.1 Å². The molecule has 0 saturated carbocycles. The first-order valence-electron chi connectivity index (χ1n) is 9.67. The Hall–Kier alpha value is -2.86. The van der Waals surface area contributed by atoms with Crippen LogP contribution in [0.2, 0.25) is 0 Å². The summed E-state index contributed by atoms with van der Waals surface area (Å²) in [5.74, 6) is 1.48. The van der Waals surface area contributed by atoms with E-state index >= 15 is 0 Å². The number of rotatable bonds is 6. The van der Waals surface area contributed by atoms with E-state index in [-0.39, 0.29) is 5.56 Å². The fraction of sp³-hybridized carbons (Fsp3) is 0.364. The van der Waals surface area contributed by atoms with E-state index in [4.69, 9.17) is 9.72 Å². The van der Waals surface area contributed by atoms with Crippen LogP contribution >= 0.6 is 0 Å². The van der Waals surface area contributed by atoms with Crippen LogP contribution in [0.5, 0.6) is 5.75 Å². The van der Waals surface area contributed by atoms with Crippen molar-refractivity contribution in [1.82, 2.24) is 14.5 Å². The summed E-state index contributed by atoms with van der Waals surface area (Å²) in [5.41, 5.74) is 3.37. The van der Waals surface area contributed by atoms with E-state index in [2.05, 4.69) is 28.5 Å². The predicted molar refractivity (Wildman–Crippen MR) is 108 cm³/mol. The van der Waals surface area contributed by atoms with Crippen molar-refractivity contribution in [2.45, 2.75) is 32.4 Å². The zero-order chi connectivity index (χ0) is 19.7. The van der Waals surface area contributed by atoms with Crippen LogP contribution in [0.1, 0.15) is 41.0 Å². The minimum absolute atomic E-state index is 0.278. The monoisotopic (exact) mass is 379 g/mol. The molecule has 0 spiro atoms. The molecule has 0 amide bonds. The number of aromatic nitrogens is 2. The van der Waals surface area contributed by atoms with Crippen LogP contribution in [-0.4, -0.2) is 45.7 Å². The summed E-state index contributed by atoms with van der Waals surface area (Å²) in [6.45, 7) is 5.72. The van der Waals surface area contributed by atoms with Gasteiger partial charge in [0.15, 0.2) is 0 Å². The van der Waals surface area contributed by atoms with Crippen LogP contribution < -0.4 is 4.74 Å². The summed E-state index contributed by atoms with van der Waals surface area (Å²) in [7, 11) is 1.69. The van der Waals surface area contributed by atoms with E-state index < -0.39 is 5.97 Å². The number of carbonyl (C=O) groups is 1. The number of fused-ring (bicyclic) bond motifs is 1. The van der Waals surface area contributed by atoms with Crippen LogP contribution in [0.4, 0.5) is 0 Å². The Labute approximate surface area is 164 Å². The second-order valence-corrected chi connectivity index (χ2v) is 7.27. The van der Waals surface area contributed by atoms with Gasteiger partial charge < -0.3 is 14.4 Å². The van der Waals surface area contributed by atoms with Crippen molar-refractivity contribution in [2.24, 2.45) is 0 Å². The van der Waals surface area contributed by atoms with Crippen molar-refractivity contribution in [3.63, 3.8) is 0 Å². The number of imidazole rings is 1. The van der Waals surface area contributed by atoms with Gasteiger partial charge in [-0.25, -0.2) is 9.78 Å². The molecule has 1 aliphatic rings. The van der Waals surface area contributed by atoms with Gasteiger partial charge in [0.25, 0.3) is 0 Å². The van der Waals surface area contributed by atoms with Crippen molar-refractivity contribution < 1.29 is 14.6 Å². The van der Waals surface area contributed by atoms with Crippen LogP contribution in [0.15, 0.2) is 42.5 Å². The van der Waals surface area contributed by atoms with Gasteiger partial charge in [-0.05, 0) is 61.7 Å². The Balaban J connectivity index is 1.52. The minimum Gasteiger partial charge on any atom is -0.497 e. The Morgan fingerprint density at radius 1 is 1.25 bits per heavy atom. The Morgan fingerprint density at radius 3 is 2.71 bits per heavy atom. The van der Waals surface area contributed by atoms with Crippen molar-refractivity contribution >= 4 is 17.0 Å². The lowest BCUT2D eigenvalue weighted by atomic mass is 9.98. The van der Waals surface area contributed by atoms with Gasteiger partial charge in [0.1, 0.15) is 11.6 Å². The fourth-order valence-electron chi connectivity index (χ4n) is 4.11. The fourth-order valence-corrected chi connectivity index (χ4v) is 4.11. The summed E-state index contributed by atoms with van der Waals surface area (Å²) in [6, 6.07) is 13.5. The minimum atomic E-state index is -0.920. The molecule has 28 heavy (non-hydrogen) atoms. The number of carboxylic acids is 1. The maximum atomic E-state index is 11.2. The molecule has 1 unspecified atom stereocenters. The predicted octanol–water partition coefficient (Wildman–Crippen LogP) is 3.75. The number of likely N-dealkylation sites (tertiary alicyclic amines) is 1. The van der Waals surface area contributed by atoms with Gasteiger partial charge in [0, 0.05) is 13.1 Å². The highest BCUT2D eigenvalue weighted by atomic mass is 16.5. The molecule has 1 saturated heterocycles. The van der Waals surface area contributed by atoms with Gasteiger partial charge in [-0.3, -0.25) is 4.90 Å². The number of aromatic carboxylic acids is 1. The molecular formula is C22H25N3O3. The number of hydrogen-bond acceptors (Lipinski definition) is 4. The third-order valence-corrected chi connectivity index (χ3v) is 5.62. The van der Waals surface area contributed by atoms with Crippen molar-refractivity contribution in [2.75, 3.05) is 20.2 Å². The number of hydrogen-bond donors (Lipinski definition) is 1. The van der Waals surface area contributed by atoms with E-state index in [1.165, 1.54) is 5.56 Å². The summed E-state index contributed by atoms with van der Waals surface area (Å²) < 4.78 is 7.43. The highest BCUT2D eigenvalue weighted by Crippen LogP contribution is 2.30. The first-order chi connectivity index (χ1) is 13.6. The van der Waals surface area contributed by atoms with Gasteiger partial charge in [-0.2, -0.15) is 0 Å². The van der Waals surface area contributed by atoms with Gasteiger partial charge in [0.05, 0.1) is 30.3 Å². The third kappa shape index (κ3) is 3.47. The SMILES string of the molecule is CCn1c(CN2CCC(c3ccc(OC)cc3)C2)nc2cc(C(=O)O)ccc21. The van der Waals surface area contributed by atoms with Gasteiger partial charge in [-0.15, -0.1) is 0 Å². The van der Waals surface area contributed by atoms with Crippen LogP contribution in [0.3, 0.4) is 0 Å². The van der Waals surface area contributed by atoms with E-state index in [1.807, 2.05) is 18.2 Å². The second-order valence-electron chi connectivity index (χ2n) is 7.27. The zero-order valence-electron chi connectivity index (χ0n) is 16.3. The average Bonchev–Trinajstić information content (AvgIpc) is 3.31. The number of ether oxygens (including phenoxy) is 1. The molecule has 146 valence electrons. The van der Waals surface area contributed by atoms with Crippen molar-refractivity contribution in [3.8, 4) is 5.75 Å². The molecule has 1 fully saturated rings. The molecule has 6 heteroatoms. The van der Waals surface area contributed by atoms with E-state index in [1.54, 1.807) is 19.2 Å². The lowest BCUT2D eigenvalue weighted by Crippen LogP contribution is -2.22. The molecule has 4 rings (SSSR count). The molecule has 1 aromatic heterocycles. The van der Waals surface area contributed by atoms with Crippen molar-refractivity contribution in [1.29, 1.82) is 0 Å². The van der Waals surface area contributed by atoms with E-state index in [9.17, 15) is 9.90 Å². The molecule has 1 N–H and O–H groups in total. The van der Waals surface area contributed by atoms with E-state index in [0.717, 1.165) is 55.2 Å². The van der Waals surface area contributed by atoms with Crippen LogP contribution in [0.25, 0.3) is 11.0 Å². The van der Waals surface area contributed by atoms with Gasteiger partial charge in [0.2, 0.25) is 0 Å². The Bertz CT molecular complexity index is 994. The lowest BCUT2D eigenvalue weighted by molar-refractivity contribution is 0.0697. The highest BCUT2D eigenvalue weighted by Gasteiger charge is 2.25. The molecule has 0 bridgehead atoms. The molecule has 6 nitrogen and oxygen atoms in total. The summed E-state index contributed by atoms with van der Waals surface area (Å²) >= 11 is 0. The normalized spacial score (nSPS) is 17.3. The molecule has 1 aliphatic heterocycles. The maximum absolute atomic E-state index is 11.2. The first-order valence-corrected chi connectivity index (χ1v) is 9.67. The number of methoxy groups -OCH3 is 1. The molecule has 2 heterocycles. The molecular weight excluding hydrogens is 354 g/mol. The van der Waals surface area contributed by atoms with E-state index in [0.29, 0.717) is 5.92 Å². The molecule has 0 aliphatic carbocycles. The third-order valence-electron chi connectivity index (χ3n) is 5.62. The molecule has 2 aromatic carbocycles. The average molecular weight is 379 g/mol. The largest absolute Gasteiger partial charge is 0.497 e. The molecule has 0 radical (unpaired) electrons. The summed E-state index contributed by atoms with van der Waals surface area (Å²) in [5, 5.41) is 9.23. The standard InChI is InChI=1S/C22H25N3O3/c1-3-25-20-9-6-16(22(26)27)12-19(20)23-21(25)14-24-11-10-17(13-24)15-4-7-18(28-2)8-5-15/h4-9,12,17H,3,10-11,13-14H2,1-2H3,(H,26,27). The number of nitrogens with zero attached hydrogens (tertiary/aromatic N) is 3.